The SMILES string of the molecule is NC(=O)CCc1ccc2c(c1)CN(C(=O)c1ccncc1)CCO2. The number of ether oxygens (including phenoxy) is 1. The van der Waals surface area contributed by atoms with E-state index in [1.807, 2.05) is 18.2 Å². The fraction of sp³-hybridized carbons (Fsp3) is 0.278. The van der Waals surface area contributed by atoms with Crippen LogP contribution in [0, 0.1) is 0 Å². The molecule has 6 nitrogen and oxygen atoms in total. The van der Waals surface area contributed by atoms with Gasteiger partial charge in [-0.3, -0.25) is 14.6 Å². The van der Waals surface area contributed by atoms with Gasteiger partial charge in [-0.1, -0.05) is 12.1 Å². The Hall–Kier alpha value is -2.89. The van der Waals surface area contributed by atoms with Gasteiger partial charge >= 0.3 is 0 Å². The van der Waals surface area contributed by atoms with Gasteiger partial charge in [0.05, 0.1) is 6.54 Å². The molecule has 1 aromatic carbocycles. The zero-order valence-corrected chi connectivity index (χ0v) is 13.3. The molecular formula is C18H19N3O3. The largest absolute Gasteiger partial charge is 0.491 e. The van der Waals surface area contributed by atoms with Crippen molar-refractivity contribution in [2.24, 2.45) is 5.73 Å². The number of aryl methyl sites for hydroxylation is 1. The number of carbonyl (C=O) groups excluding carboxylic acids is 2. The summed E-state index contributed by atoms with van der Waals surface area (Å²) in [5.74, 6) is 0.412. The number of amides is 2. The Labute approximate surface area is 140 Å². The van der Waals surface area contributed by atoms with Crippen molar-refractivity contribution < 1.29 is 14.3 Å². The second-order valence-electron chi connectivity index (χ2n) is 5.72. The minimum atomic E-state index is -0.323. The highest BCUT2D eigenvalue weighted by atomic mass is 16.5. The lowest BCUT2D eigenvalue weighted by Crippen LogP contribution is -2.32. The molecule has 24 heavy (non-hydrogen) atoms. The number of fused-ring (bicyclic) bond motifs is 1. The van der Waals surface area contributed by atoms with E-state index in [1.54, 1.807) is 29.4 Å². The topological polar surface area (TPSA) is 85.5 Å². The van der Waals surface area contributed by atoms with Crippen molar-refractivity contribution in [3.05, 3.63) is 59.4 Å². The monoisotopic (exact) mass is 325 g/mol. The summed E-state index contributed by atoms with van der Waals surface area (Å²) in [5, 5.41) is 0. The van der Waals surface area contributed by atoms with Crippen LogP contribution in [0.4, 0.5) is 0 Å². The smallest absolute Gasteiger partial charge is 0.254 e. The summed E-state index contributed by atoms with van der Waals surface area (Å²) in [6, 6.07) is 9.22. The molecule has 0 unspecified atom stereocenters. The standard InChI is InChI=1S/C18H19N3O3/c19-17(22)4-2-13-1-3-16-15(11-13)12-21(9-10-24-16)18(23)14-5-7-20-8-6-14/h1,3,5-8,11H,2,4,9-10,12H2,(H2,19,22). The summed E-state index contributed by atoms with van der Waals surface area (Å²) in [6.45, 7) is 1.44. The minimum absolute atomic E-state index is 0.0450. The molecule has 0 aliphatic carbocycles. The van der Waals surface area contributed by atoms with Crippen LogP contribution in [0.3, 0.4) is 0 Å². The van der Waals surface area contributed by atoms with E-state index in [-0.39, 0.29) is 11.8 Å². The van der Waals surface area contributed by atoms with Crippen LogP contribution >= 0.6 is 0 Å². The summed E-state index contributed by atoms with van der Waals surface area (Å²) in [4.78, 5) is 29.3. The third kappa shape index (κ3) is 3.71. The van der Waals surface area contributed by atoms with Gasteiger partial charge in [0.25, 0.3) is 5.91 Å². The Morgan fingerprint density at radius 3 is 2.75 bits per heavy atom. The summed E-state index contributed by atoms with van der Waals surface area (Å²) >= 11 is 0. The van der Waals surface area contributed by atoms with Crippen LogP contribution in [0.1, 0.15) is 27.9 Å². The van der Waals surface area contributed by atoms with Crippen LogP contribution in [0.2, 0.25) is 0 Å². The maximum absolute atomic E-state index is 12.6. The Balaban J connectivity index is 1.79. The molecule has 0 spiro atoms. The molecule has 3 rings (SSSR count). The van der Waals surface area contributed by atoms with E-state index >= 15 is 0 Å². The molecule has 0 saturated carbocycles. The molecule has 1 aliphatic heterocycles. The predicted octanol–water partition coefficient (Wildman–Crippen LogP) is 1.53. The van der Waals surface area contributed by atoms with Crippen molar-refractivity contribution in [3.63, 3.8) is 0 Å². The lowest BCUT2D eigenvalue weighted by Gasteiger charge is -2.20. The molecule has 0 radical (unpaired) electrons. The number of hydrogen-bond donors (Lipinski definition) is 1. The fourth-order valence-corrected chi connectivity index (χ4v) is 2.72. The number of pyridine rings is 1. The van der Waals surface area contributed by atoms with Gasteiger partial charge in [-0.05, 0) is 30.2 Å². The quantitative estimate of drug-likeness (QED) is 0.924. The van der Waals surface area contributed by atoms with E-state index < -0.39 is 0 Å². The van der Waals surface area contributed by atoms with Crippen molar-refractivity contribution in [1.82, 2.24) is 9.88 Å². The molecule has 0 saturated heterocycles. The highest BCUT2D eigenvalue weighted by Gasteiger charge is 2.21. The highest BCUT2D eigenvalue weighted by Crippen LogP contribution is 2.25. The van der Waals surface area contributed by atoms with Crippen LogP contribution in [0.15, 0.2) is 42.7 Å². The van der Waals surface area contributed by atoms with Crippen LogP contribution in [0.25, 0.3) is 0 Å². The van der Waals surface area contributed by atoms with Crippen LogP contribution in [0.5, 0.6) is 5.75 Å². The highest BCUT2D eigenvalue weighted by molar-refractivity contribution is 5.94. The average molecular weight is 325 g/mol. The predicted molar refractivity (Wildman–Crippen MR) is 88.4 cm³/mol. The number of carbonyl (C=O) groups is 2. The summed E-state index contributed by atoms with van der Waals surface area (Å²) in [7, 11) is 0. The molecule has 0 atom stereocenters. The van der Waals surface area contributed by atoms with Crippen molar-refractivity contribution in [2.45, 2.75) is 19.4 Å². The molecule has 1 aliphatic rings. The Morgan fingerprint density at radius 2 is 2.00 bits per heavy atom. The minimum Gasteiger partial charge on any atom is -0.491 e. The fourth-order valence-electron chi connectivity index (χ4n) is 2.72. The molecule has 2 aromatic rings. The lowest BCUT2D eigenvalue weighted by atomic mass is 10.0. The molecule has 2 heterocycles. The molecule has 124 valence electrons. The van der Waals surface area contributed by atoms with Crippen molar-refractivity contribution in [1.29, 1.82) is 0 Å². The zero-order chi connectivity index (χ0) is 16.9. The number of aromatic nitrogens is 1. The third-order valence-electron chi connectivity index (χ3n) is 3.98. The van der Waals surface area contributed by atoms with E-state index in [0.717, 1.165) is 16.9 Å². The van der Waals surface area contributed by atoms with Crippen molar-refractivity contribution in [2.75, 3.05) is 13.2 Å². The van der Waals surface area contributed by atoms with E-state index in [1.165, 1.54) is 0 Å². The van der Waals surface area contributed by atoms with Crippen LogP contribution in [-0.4, -0.2) is 34.8 Å². The number of nitrogens with two attached hydrogens (primary N) is 1. The molecule has 0 bridgehead atoms. The van der Waals surface area contributed by atoms with Gasteiger partial charge in [0.2, 0.25) is 5.91 Å². The third-order valence-corrected chi connectivity index (χ3v) is 3.98. The van der Waals surface area contributed by atoms with Gasteiger partial charge in [0, 0.05) is 36.5 Å². The Kier molecular flexibility index (Phi) is 4.74. The number of primary amides is 1. The van der Waals surface area contributed by atoms with Crippen LogP contribution in [-0.2, 0) is 17.8 Å². The van der Waals surface area contributed by atoms with Gasteiger partial charge in [0.1, 0.15) is 12.4 Å². The first-order chi connectivity index (χ1) is 11.6. The summed E-state index contributed by atoms with van der Waals surface area (Å²) in [5.41, 5.74) is 7.77. The molecule has 6 heteroatoms. The molecule has 1 aromatic heterocycles. The molecule has 2 N–H and O–H groups in total. The van der Waals surface area contributed by atoms with E-state index in [9.17, 15) is 9.59 Å². The molecule has 0 fully saturated rings. The van der Waals surface area contributed by atoms with E-state index in [4.69, 9.17) is 10.5 Å². The second kappa shape index (κ2) is 7.12. The maximum Gasteiger partial charge on any atom is 0.254 e. The number of rotatable bonds is 4. The van der Waals surface area contributed by atoms with Gasteiger partial charge < -0.3 is 15.4 Å². The first-order valence-corrected chi connectivity index (χ1v) is 7.85. The van der Waals surface area contributed by atoms with Crippen molar-refractivity contribution >= 4 is 11.8 Å². The summed E-state index contributed by atoms with van der Waals surface area (Å²) in [6.07, 6.45) is 4.11. The first kappa shape index (κ1) is 16.0. The first-order valence-electron chi connectivity index (χ1n) is 7.85. The van der Waals surface area contributed by atoms with Crippen molar-refractivity contribution in [3.8, 4) is 5.75 Å². The Morgan fingerprint density at radius 1 is 1.21 bits per heavy atom. The zero-order valence-electron chi connectivity index (χ0n) is 13.3. The Bertz CT molecular complexity index is 746. The van der Waals surface area contributed by atoms with E-state index in [2.05, 4.69) is 4.98 Å². The lowest BCUT2D eigenvalue weighted by molar-refractivity contribution is -0.117. The van der Waals surface area contributed by atoms with Crippen LogP contribution < -0.4 is 10.5 Å². The summed E-state index contributed by atoms with van der Waals surface area (Å²) < 4.78 is 5.75. The van der Waals surface area contributed by atoms with Gasteiger partial charge in [0.15, 0.2) is 0 Å². The second-order valence-corrected chi connectivity index (χ2v) is 5.72. The van der Waals surface area contributed by atoms with Gasteiger partial charge in [-0.15, -0.1) is 0 Å². The normalized spacial score (nSPS) is 13.6. The molecule has 2 amide bonds. The van der Waals surface area contributed by atoms with Gasteiger partial charge in [-0.2, -0.15) is 0 Å². The maximum atomic E-state index is 12.6. The number of benzene rings is 1. The number of nitrogens with zero attached hydrogens (tertiary/aromatic N) is 2. The average Bonchev–Trinajstić information content (AvgIpc) is 2.82. The van der Waals surface area contributed by atoms with E-state index in [0.29, 0.717) is 38.1 Å². The van der Waals surface area contributed by atoms with Gasteiger partial charge in [-0.25, -0.2) is 0 Å². The number of hydrogen-bond acceptors (Lipinski definition) is 4. The molecular weight excluding hydrogens is 306 g/mol.